The minimum atomic E-state index is -0.655. The van der Waals surface area contributed by atoms with Crippen LogP contribution in [0.2, 0.25) is 0 Å². The number of nitrogens with one attached hydrogen (secondary N) is 2. The number of rotatable bonds is 12. The monoisotopic (exact) mass is 734 g/mol. The lowest BCUT2D eigenvalue weighted by molar-refractivity contribution is -0.158. The van der Waals surface area contributed by atoms with Crippen molar-refractivity contribution in [1.29, 1.82) is 0 Å². The van der Waals surface area contributed by atoms with Crippen LogP contribution in [0.5, 0.6) is 5.75 Å². The molecule has 0 atom stereocenters. The van der Waals surface area contributed by atoms with Crippen molar-refractivity contribution < 1.29 is 43.3 Å². The number of carbonyl (C=O) groups excluding carboxylic acids is 5. The molecule has 1 aromatic rings. The smallest absolute Gasteiger partial charge is 0.320 e. The summed E-state index contributed by atoms with van der Waals surface area (Å²) < 4.78 is 16.8. The largest absolute Gasteiger partial charge is 0.508 e. The van der Waals surface area contributed by atoms with Gasteiger partial charge in [0, 0.05) is 71.0 Å². The van der Waals surface area contributed by atoms with E-state index in [0.717, 1.165) is 0 Å². The minimum absolute atomic E-state index is 0.0308. The molecule has 294 valence electrons. The molecular formula is C37H62N6O9. The maximum atomic E-state index is 13.1. The summed E-state index contributed by atoms with van der Waals surface area (Å²) in [6, 6.07) is 5.88. The van der Waals surface area contributed by atoms with Gasteiger partial charge in [-0.15, -0.1) is 0 Å². The standard InChI is InChI=1S/C37H62N6O9/c1-35(2,3)50-31(46)25-41-18-16-40(24-30(45)38-14-15-39-34(49)28-10-12-29(44)13-11-28)17-19-42(26-32(47)51-36(4,5)6)21-23-43(22-20-41)27-33(48)52-37(7,8)9/h10-13,44H,14-27H2,1-9H3,(H,38,45)(H,39,49). The molecule has 0 unspecified atom stereocenters. The third kappa shape index (κ3) is 20.3. The van der Waals surface area contributed by atoms with Crippen molar-refractivity contribution in [3.8, 4) is 5.75 Å². The summed E-state index contributed by atoms with van der Waals surface area (Å²) in [4.78, 5) is 72.0. The topological polar surface area (TPSA) is 170 Å². The highest BCUT2D eigenvalue weighted by molar-refractivity contribution is 5.94. The number of benzene rings is 1. The molecule has 15 nitrogen and oxygen atoms in total. The van der Waals surface area contributed by atoms with Crippen molar-refractivity contribution in [3.63, 3.8) is 0 Å². The van der Waals surface area contributed by atoms with E-state index in [1.54, 1.807) is 0 Å². The van der Waals surface area contributed by atoms with Gasteiger partial charge >= 0.3 is 17.9 Å². The highest BCUT2D eigenvalue weighted by Crippen LogP contribution is 2.12. The van der Waals surface area contributed by atoms with Crippen molar-refractivity contribution in [1.82, 2.24) is 30.2 Å². The van der Waals surface area contributed by atoms with Gasteiger partial charge in [-0.25, -0.2) is 0 Å². The summed E-state index contributed by atoms with van der Waals surface area (Å²) >= 11 is 0. The second-order valence-electron chi connectivity index (χ2n) is 16.0. The van der Waals surface area contributed by atoms with Gasteiger partial charge < -0.3 is 30.0 Å². The molecule has 0 aliphatic carbocycles. The molecule has 2 amide bonds. The lowest BCUT2D eigenvalue weighted by Gasteiger charge is -2.34. The number of esters is 3. The van der Waals surface area contributed by atoms with E-state index < -0.39 is 16.8 Å². The molecule has 3 N–H and O–H groups in total. The summed E-state index contributed by atoms with van der Waals surface area (Å²) in [6.07, 6.45) is 0. The number of carbonyl (C=O) groups is 5. The second kappa shape index (κ2) is 20.5. The van der Waals surface area contributed by atoms with E-state index in [1.165, 1.54) is 24.3 Å². The molecular weight excluding hydrogens is 672 g/mol. The number of phenolic OH excluding ortho intramolecular Hbond substituents is 1. The summed E-state index contributed by atoms with van der Waals surface area (Å²) in [6.45, 7) is 20.4. The van der Waals surface area contributed by atoms with Gasteiger partial charge in [-0.3, -0.25) is 43.6 Å². The van der Waals surface area contributed by atoms with Crippen LogP contribution in [-0.4, -0.2) is 163 Å². The van der Waals surface area contributed by atoms with Crippen LogP contribution in [0.1, 0.15) is 72.7 Å². The van der Waals surface area contributed by atoms with Crippen LogP contribution < -0.4 is 10.6 Å². The predicted octanol–water partition coefficient (Wildman–Crippen LogP) is 1.48. The maximum absolute atomic E-state index is 13.1. The summed E-state index contributed by atoms with van der Waals surface area (Å²) in [5.41, 5.74) is -1.56. The molecule has 1 aliphatic rings. The molecule has 2 rings (SSSR count). The molecule has 52 heavy (non-hydrogen) atoms. The normalized spacial score (nSPS) is 16.6. The fourth-order valence-electron chi connectivity index (χ4n) is 5.23. The molecule has 1 aromatic carbocycles. The van der Waals surface area contributed by atoms with E-state index in [1.807, 2.05) is 81.9 Å². The summed E-state index contributed by atoms with van der Waals surface area (Å²) in [5.74, 6) is -1.62. The molecule has 15 heteroatoms. The van der Waals surface area contributed by atoms with E-state index in [-0.39, 0.29) is 74.7 Å². The number of aromatic hydroxyl groups is 1. The van der Waals surface area contributed by atoms with Gasteiger partial charge in [-0.2, -0.15) is 0 Å². The Morgan fingerprint density at radius 3 is 1.17 bits per heavy atom. The highest BCUT2D eigenvalue weighted by atomic mass is 16.6. The van der Waals surface area contributed by atoms with Crippen molar-refractivity contribution in [2.24, 2.45) is 0 Å². The first-order valence-electron chi connectivity index (χ1n) is 18.0. The van der Waals surface area contributed by atoms with Crippen molar-refractivity contribution in [2.75, 3.05) is 91.6 Å². The van der Waals surface area contributed by atoms with Gasteiger partial charge in [0.2, 0.25) is 5.91 Å². The molecule has 1 aliphatic heterocycles. The van der Waals surface area contributed by atoms with Crippen LogP contribution >= 0.6 is 0 Å². The van der Waals surface area contributed by atoms with E-state index >= 15 is 0 Å². The van der Waals surface area contributed by atoms with Crippen LogP contribution in [-0.2, 0) is 33.4 Å². The molecule has 0 bridgehead atoms. The predicted molar refractivity (Wildman–Crippen MR) is 197 cm³/mol. The van der Waals surface area contributed by atoms with Crippen molar-refractivity contribution >= 4 is 29.7 Å². The van der Waals surface area contributed by atoms with Crippen LogP contribution in [0, 0.1) is 0 Å². The Morgan fingerprint density at radius 1 is 0.538 bits per heavy atom. The second-order valence-corrected chi connectivity index (χ2v) is 16.0. The molecule has 1 heterocycles. The van der Waals surface area contributed by atoms with Gasteiger partial charge in [0.25, 0.3) is 5.91 Å². The zero-order chi connectivity index (χ0) is 39.1. The zero-order valence-corrected chi connectivity index (χ0v) is 32.7. The molecule has 0 saturated carbocycles. The van der Waals surface area contributed by atoms with Crippen LogP contribution in [0.3, 0.4) is 0 Å². The van der Waals surface area contributed by atoms with Gasteiger partial charge in [0.15, 0.2) is 0 Å². The third-order valence-electron chi connectivity index (χ3n) is 7.48. The first-order chi connectivity index (χ1) is 24.1. The van der Waals surface area contributed by atoms with Gasteiger partial charge in [0.1, 0.15) is 22.6 Å². The first-order valence-corrected chi connectivity index (χ1v) is 18.0. The number of phenols is 1. The molecule has 1 saturated heterocycles. The Labute approximate surface area is 309 Å². The van der Waals surface area contributed by atoms with E-state index in [9.17, 15) is 29.1 Å². The van der Waals surface area contributed by atoms with Gasteiger partial charge in [-0.1, -0.05) is 0 Å². The lowest BCUT2D eigenvalue weighted by atomic mass is 10.2. The highest BCUT2D eigenvalue weighted by Gasteiger charge is 2.26. The van der Waals surface area contributed by atoms with E-state index in [2.05, 4.69) is 10.6 Å². The molecule has 0 radical (unpaired) electrons. The van der Waals surface area contributed by atoms with E-state index in [4.69, 9.17) is 14.2 Å². The summed E-state index contributed by atoms with van der Waals surface area (Å²) in [5, 5.41) is 15.0. The Balaban J connectivity index is 2.18. The number of hydrogen-bond acceptors (Lipinski definition) is 13. The van der Waals surface area contributed by atoms with Crippen molar-refractivity contribution in [3.05, 3.63) is 29.8 Å². The van der Waals surface area contributed by atoms with Crippen molar-refractivity contribution in [2.45, 2.75) is 79.1 Å². The van der Waals surface area contributed by atoms with Crippen LogP contribution in [0.4, 0.5) is 0 Å². The molecule has 0 spiro atoms. The van der Waals surface area contributed by atoms with Crippen LogP contribution in [0.15, 0.2) is 24.3 Å². The van der Waals surface area contributed by atoms with Gasteiger partial charge in [-0.05, 0) is 86.6 Å². The fraction of sp³-hybridized carbons (Fsp3) is 0.703. The van der Waals surface area contributed by atoms with Crippen LogP contribution in [0.25, 0.3) is 0 Å². The quantitative estimate of drug-likeness (QED) is 0.161. The number of ether oxygens (including phenoxy) is 3. The lowest BCUT2D eigenvalue weighted by Crippen LogP contribution is -2.50. The first kappa shape index (κ1) is 44.4. The average molecular weight is 735 g/mol. The maximum Gasteiger partial charge on any atom is 0.320 e. The Morgan fingerprint density at radius 2 is 0.846 bits per heavy atom. The van der Waals surface area contributed by atoms with Gasteiger partial charge in [0.05, 0.1) is 26.2 Å². The number of hydrogen-bond donors (Lipinski definition) is 3. The number of amides is 2. The molecule has 1 fully saturated rings. The number of nitrogens with zero attached hydrogens (tertiary/aromatic N) is 4. The Bertz CT molecular complexity index is 1270. The third-order valence-corrected chi connectivity index (χ3v) is 7.48. The minimum Gasteiger partial charge on any atom is -0.508 e. The Kier molecular flexibility index (Phi) is 17.5. The summed E-state index contributed by atoms with van der Waals surface area (Å²) in [7, 11) is 0. The molecule has 0 aromatic heterocycles. The average Bonchev–Trinajstić information content (AvgIpc) is 2.98. The Hall–Kier alpha value is -3.79. The fourth-order valence-corrected chi connectivity index (χ4v) is 5.23. The zero-order valence-electron chi connectivity index (χ0n) is 32.7. The SMILES string of the molecule is CC(C)(C)OC(=O)CN1CCN(CC(=O)NCCNC(=O)c2ccc(O)cc2)CCN(CC(=O)OC(C)(C)C)CCN(CC(=O)OC(C)(C)C)CC1. The van der Waals surface area contributed by atoms with E-state index in [0.29, 0.717) is 57.9 Å².